The molecule has 0 radical (unpaired) electrons. The highest BCUT2D eigenvalue weighted by molar-refractivity contribution is 6.23. The van der Waals surface area contributed by atoms with Crippen LogP contribution < -0.4 is 15.5 Å². The summed E-state index contributed by atoms with van der Waals surface area (Å²) in [6, 6.07) is 4.46. The second kappa shape index (κ2) is 11.0. The highest BCUT2D eigenvalue weighted by Crippen LogP contribution is 2.32. The lowest BCUT2D eigenvalue weighted by Crippen LogP contribution is -2.54. The van der Waals surface area contributed by atoms with Gasteiger partial charge in [-0.2, -0.15) is 0 Å². The van der Waals surface area contributed by atoms with Crippen LogP contribution >= 0.6 is 24.8 Å². The number of amides is 4. The van der Waals surface area contributed by atoms with E-state index in [4.69, 9.17) is 0 Å². The first-order chi connectivity index (χ1) is 15.5. The van der Waals surface area contributed by atoms with Gasteiger partial charge in [0.05, 0.1) is 11.1 Å². The number of nitrogens with one attached hydrogen (secondary N) is 2. The second-order valence-electron chi connectivity index (χ2n) is 9.16. The van der Waals surface area contributed by atoms with Gasteiger partial charge in [0.25, 0.3) is 11.8 Å². The molecule has 34 heavy (non-hydrogen) atoms. The van der Waals surface area contributed by atoms with Gasteiger partial charge in [0, 0.05) is 57.9 Å². The van der Waals surface area contributed by atoms with Gasteiger partial charge in [-0.05, 0) is 43.4 Å². The van der Waals surface area contributed by atoms with Gasteiger partial charge in [0.15, 0.2) is 0 Å². The van der Waals surface area contributed by atoms with Crippen LogP contribution in [0.3, 0.4) is 0 Å². The molecule has 0 saturated carbocycles. The van der Waals surface area contributed by atoms with E-state index in [9.17, 15) is 19.2 Å². The Balaban J connectivity index is 0.00000162. The number of imide groups is 2. The lowest BCUT2D eigenvalue weighted by molar-refractivity contribution is -0.136. The lowest BCUT2D eigenvalue weighted by Gasteiger charge is -2.37. The van der Waals surface area contributed by atoms with Crippen molar-refractivity contribution in [3.8, 4) is 0 Å². The fourth-order valence-electron chi connectivity index (χ4n) is 5.29. The molecule has 1 aromatic carbocycles. The third kappa shape index (κ3) is 5.07. The summed E-state index contributed by atoms with van der Waals surface area (Å²) in [5, 5.41) is 5.63. The normalized spacial score (nSPS) is 23.8. The maximum absolute atomic E-state index is 13.1. The van der Waals surface area contributed by atoms with Crippen LogP contribution in [0.1, 0.15) is 46.4 Å². The van der Waals surface area contributed by atoms with E-state index < -0.39 is 23.8 Å². The first-order valence-corrected chi connectivity index (χ1v) is 11.5. The molecule has 5 rings (SSSR count). The molecule has 4 aliphatic heterocycles. The van der Waals surface area contributed by atoms with Crippen LogP contribution in [0.5, 0.6) is 0 Å². The predicted octanol–water partition coefficient (Wildman–Crippen LogP) is 1.05. The van der Waals surface area contributed by atoms with E-state index in [0.717, 1.165) is 69.2 Å². The molecular weight excluding hydrogens is 481 g/mol. The molecule has 2 N–H and O–H groups in total. The number of fused-ring (bicyclic) bond motifs is 1. The molecule has 4 heterocycles. The van der Waals surface area contributed by atoms with Crippen LogP contribution in [-0.4, -0.2) is 85.3 Å². The van der Waals surface area contributed by atoms with Crippen molar-refractivity contribution in [1.82, 2.24) is 20.4 Å². The summed E-state index contributed by atoms with van der Waals surface area (Å²) in [7, 11) is 0. The molecule has 3 saturated heterocycles. The maximum atomic E-state index is 13.1. The van der Waals surface area contributed by atoms with E-state index in [-0.39, 0.29) is 43.6 Å². The molecule has 1 aromatic rings. The topological polar surface area (TPSA) is 102 Å². The highest BCUT2D eigenvalue weighted by Gasteiger charge is 2.44. The molecule has 9 nitrogen and oxygen atoms in total. The number of piperazine rings is 1. The Bertz CT molecular complexity index is 961. The number of carbonyl (C=O) groups excluding carboxylic acids is 4. The van der Waals surface area contributed by atoms with Crippen molar-refractivity contribution in [2.45, 2.75) is 31.7 Å². The van der Waals surface area contributed by atoms with Gasteiger partial charge in [-0.1, -0.05) is 0 Å². The number of hydrogen-bond donors (Lipinski definition) is 2. The molecule has 3 fully saturated rings. The molecule has 1 atom stereocenters. The van der Waals surface area contributed by atoms with Crippen molar-refractivity contribution in [2.24, 2.45) is 5.92 Å². The molecule has 4 aliphatic rings. The van der Waals surface area contributed by atoms with E-state index in [1.54, 1.807) is 12.1 Å². The third-order valence-corrected chi connectivity index (χ3v) is 7.13. The van der Waals surface area contributed by atoms with Gasteiger partial charge in [-0.25, -0.2) is 0 Å². The lowest BCUT2D eigenvalue weighted by atomic mass is 9.95. The van der Waals surface area contributed by atoms with Gasteiger partial charge in [-0.3, -0.25) is 29.4 Å². The fourth-order valence-corrected chi connectivity index (χ4v) is 5.29. The largest absolute Gasteiger partial charge is 0.371 e. The van der Waals surface area contributed by atoms with E-state index in [2.05, 4.69) is 20.4 Å². The van der Waals surface area contributed by atoms with E-state index >= 15 is 0 Å². The van der Waals surface area contributed by atoms with Crippen LogP contribution in [0.25, 0.3) is 0 Å². The molecule has 0 aromatic heterocycles. The van der Waals surface area contributed by atoms with Gasteiger partial charge < -0.3 is 15.1 Å². The molecule has 4 amide bonds. The minimum atomic E-state index is -0.927. The third-order valence-electron chi connectivity index (χ3n) is 7.13. The van der Waals surface area contributed by atoms with Crippen LogP contribution in [0.4, 0.5) is 5.69 Å². The van der Waals surface area contributed by atoms with E-state index in [1.807, 2.05) is 6.07 Å². The van der Waals surface area contributed by atoms with Crippen molar-refractivity contribution >= 4 is 54.1 Å². The van der Waals surface area contributed by atoms with E-state index in [1.165, 1.54) is 0 Å². The Hall–Kier alpha value is -2.20. The molecule has 186 valence electrons. The second-order valence-corrected chi connectivity index (χ2v) is 9.16. The maximum Gasteiger partial charge on any atom is 0.262 e. The highest BCUT2D eigenvalue weighted by atomic mass is 35.5. The Morgan fingerprint density at radius 1 is 0.853 bits per heavy atom. The summed E-state index contributed by atoms with van der Waals surface area (Å²) in [5.41, 5.74) is 1.62. The first-order valence-electron chi connectivity index (χ1n) is 11.5. The summed E-state index contributed by atoms with van der Waals surface area (Å²) in [6.07, 6.45) is 2.51. The average Bonchev–Trinajstić information content (AvgIpc) is 3.05. The number of nitrogens with zero attached hydrogens (tertiary/aromatic N) is 3. The number of halogens is 2. The summed E-state index contributed by atoms with van der Waals surface area (Å²) >= 11 is 0. The number of benzene rings is 1. The van der Waals surface area contributed by atoms with Crippen LogP contribution in [0, 0.1) is 5.92 Å². The predicted molar refractivity (Wildman–Crippen MR) is 132 cm³/mol. The first kappa shape index (κ1) is 26.4. The molecule has 0 bridgehead atoms. The van der Waals surface area contributed by atoms with Crippen LogP contribution in [0.2, 0.25) is 0 Å². The van der Waals surface area contributed by atoms with E-state index in [0.29, 0.717) is 17.0 Å². The number of carbonyl (C=O) groups is 4. The SMILES string of the molecule is Cl.Cl.O=C1CCC(N2C(=O)c3ccc(N4CCC(CN5CCNCC5)CC4)cc3C2=O)C(=O)N1. The Morgan fingerprint density at radius 3 is 2.21 bits per heavy atom. The number of hydrogen-bond acceptors (Lipinski definition) is 7. The monoisotopic (exact) mass is 511 g/mol. The van der Waals surface area contributed by atoms with Crippen molar-refractivity contribution in [3.63, 3.8) is 0 Å². The van der Waals surface area contributed by atoms with Crippen molar-refractivity contribution in [1.29, 1.82) is 0 Å². The molecule has 1 unspecified atom stereocenters. The summed E-state index contributed by atoms with van der Waals surface area (Å²) < 4.78 is 0. The average molecular weight is 512 g/mol. The van der Waals surface area contributed by atoms with Crippen molar-refractivity contribution in [3.05, 3.63) is 29.3 Å². The number of rotatable bonds is 4. The van der Waals surface area contributed by atoms with Gasteiger partial charge in [0.2, 0.25) is 11.8 Å². The molecule has 0 aliphatic carbocycles. The molecule has 0 spiro atoms. The van der Waals surface area contributed by atoms with Crippen molar-refractivity contribution < 1.29 is 19.2 Å². The van der Waals surface area contributed by atoms with Gasteiger partial charge in [0.1, 0.15) is 6.04 Å². The Kier molecular flexibility index (Phi) is 8.57. The minimum absolute atomic E-state index is 0. The van der Waals surface area contributed by atoms with Gasteiger partial charge in [-0.15, -0.1) is 24.8 Å². The standard InChI is InChI=1S/C23H29N5O4.2ClH/c29-20-4-3-19(21(30)25-20)28-22(31)17-2-1-16(13-18(17)23(28)32)27-9-5-15(6-10-27)14-26-11-7-24-8-12-26;;/h1-2,13,15,19,24H,3-12,14H2,(H,25,29,30);2*1H. The van der Waals surface area contributed by atoms with Crippen LogP contribution in [-0.2, 0) is 9.59 Å². The zero-order valence-corrected chi connectivity index (χ0v) is 20.6. The van der Waals surface area contributed by atoms with Crippen LogP contribution in [0.15, 0.2) is 18.2 Å². The zero-order chi connectivity index (χ0) is 22.2. The Morgan fingerprint density at radius 2 is 1.53 bits per heavy atom. The molecule has 11 heteroatoms. The Labute approximate surface area is 211 Å². The minimum Gasteiger partial charge on any atom is -0.371 e. The number of piperidine rings is 2. The fraction of sp³-hybridized carbons (Fsp3) is 0.565. The number of anilines is 1. The summed E-state index contributed by atoms with van der Waals surface area (Å²) in [5.74, 6) is -1.17. The summed E-state index contributed by atoms with van der Waals surface area (Å²) in [6.45, 7) is 7.36. The quantitative estimate of drug-likeness (QED) is 0.582. The van der Waals surface area contributed by atoms with Gasteiger partial charge >= 0.3 is 0 Å². The zero-order valence-electron chi connectivity index (χ0n) is 19.0. The molecular formula is C23H31Cl2N5O4. The summed E-state index contributed by atoms with van der Waals surface area (Å²) in [4.78, 5) is 55.4. The van der Waals surface area contributed by atoms with Crippen molar-refractivity contribution in [2.75, 3.05) is 50.7 Å². The smallest absolute Gasteiger partial charge is 0.262 e.